The number of amides is 1. The molecular formula is C28H21ClN4O4. The van der Waals surface area contributed by atoms with Crippen LogP contribution < -0.4 is 10.1 Å². The molecule has 184 valence electrons. The molecule has 9 heteroatoms. The molecule has 5 aromatic rings. The van der Waals surface area contributed by atoms with Gasteiger partial charge >= 0.3 is 5.56 Å². The molecule has 0 aliphatic heterocycles. The van der Waals surface area contributed by atoms with Gasteiger partial charge in [0.1, 0.15) is 11.7 Å². The average Bonchev–Trinajstić information content (AvgIpc) is 2.92. The third-order valence-electron chi connectivity index (χ3n) is 5.95. The van der Waals surface area contributed by atoms with Gasteiger partial charge in [-0.05, 0) is 35.4 Å². The third kappa shape index (κ3) is 4.93. The second-order valence-electron chi connectivity index (χ2n) is 8.42. The second-order valence-corrected chi connectivity index (χ2v) is 8.80. The van der Waals surface area contributed by atoms with Crippen LogP contribution in [0, 0.1) is 5.21 Å². The normalized spacial score (nSPS) is 11.0. The molecule has 2 aromatic carbocycles. The summed E-state index contributed by atoms with van der Waals surface area (Å²) in [6, 6.07) is 23.7. The Labute approximate surface area is 216 Å². The van der Waals surface area contributed by atoms with Gasteiger partial charge in [0.05, 0.1) is 6.20 Å². The minimum atomic E-state index is -0.744. The number of pyridine rings is 2. The lowest BCUT2D eigenvalue weighted by atomic mass is 10.0. The Balaban J connectivity index is 1.57. The highest BCUT2D eigenvalue weighted by Crippen LogP contribution is 2.25. The first kappa shape index (κ1) is 24.2. The lowest BCUT2D eigenvalue weighted by Gasteiger charge is -2.28. The number of aromatic hydroxyl groups is 1. The van der Waals surface area contributed by atoms with Gasteiger partial charge in [0.15, 0.2) is 5.56 Å². The van der Waals surface area contributed by atoms with Gasteiger partial charge in [-0.25, -0.2) is 9.78 Å². The summed E-state index contributed by atoms with van der Waals surface area (Å²) in [6.45, 7) is 0.101. The molecule has 0 aliphatic carbocycles. The van der Waals surface area contributed by atoms with E-state index in [4.69, 9.17) is 11.6 Å². The Morgan fingerprint density at radius 1 is 1.00 bits per heavy atom. The smallest absolute Gasteiger partial charge is 0.354 e. The van der Waals surface area contributed by atoms with E-state index in [1.807, 2.05) is 6.07 Å². The Hall–Kier alpha value is -4.53. The first-order valence-corrected chi connectivity index (χ1v) is 11.8. The summed E-state index contributed by atoms with van der Waals surface area (Å²) in [7, 11) is 0. The van der Waals surface area contributed by atoms with Crippen molar-refractivity contribution < 1.29 is 14.5 Å². The van der Waals surface area contributed by atoms with E-state index < -0.39 is 11.5 Å². The lowest BCUT2D eigenvalue weighted by Crippen LogP contribution is -2.41. The highest BCUT2D eigenvalue weighted by Gasteiger charge is 2.25. The SMILES string of the molecule is O=C(c1cccc(-c2c(O)[n+](Cc3ccc(Cl)nc3)c3ccccn3c2=O)c1)N([O-])Cc1ccccc1. The summed E-state index contributed by atoms with van der Waals surface area (Å²) in [4.78, 5) is 30.4. The number of aromatic nitrogens is 3. The van der Waals surface area contributed by atoms with Crippen LogP contribution in [0.15, 0.2) is 102 Å². The van der Waals surface area contributed by atoms with E-state index in [0.717, 1.165) is 5.56 Å². The summed E-state index contributed by atoms with van der Waals surface area (Å²) in [5.74, 6) is -1.02. The minimum Gasteiger partial charge on any atom is -0.756 e. The van der Waals surface area contributed by atoms with Gasteiger partial charge in [0.25, 0.3) is 11.5 Å². The van der Waals surface area contributed by atoms with Crippen LogP contribution in [-0.2, 0) is 13.1 Å². The molecule has 37 heavy (non-hydrogen) atoms. The lowest BCUT2D eigenvalue weighted by molar-refractivity contribution is -0.671. The van der Waals surface area contributed by atoms with Crippen LogP contribution in [0.5, 0.6) is 5.88 Å². The summed E-state index contributed by atoms with van der Waals surface area (Å²) in [5, 5.41) is 24.6. The van der Waals surface area contributed by atoms with Crippen molar-refractivity contribution in [3.05, 3.63) is 135 Å². The van der Waals surface area contributed by atoms with Crippen LogP contribution in [0.3, 0.4) is 0 Å². The van der Waals surface area contributed by atoms with Gasteiger partial charge in [0, 0.05) is 29.9 Å². The zero-order valence-corrected chi connectivity index (χ0v) is 20.2. The molecule has 0 fully saturated rings. The topological polar surface area (TPSA) is 102 Å². The third-order valence-corrected chi connectivity index (χ3v) is 6.17. The molecule has 3 heterocycles. The molecule has 5 rings (SSSR count). The van der Waals surface area contributed by atoms with Gasteiger partial charge in [-0.3, -0.25) is 4.79 Å². The van der Waals surface area contributed by atoms with E-state index >= 15 is 0 Å². The largest absolute Gasteiger partial charge is 0.756 e. The van der Waals surface area contributed by atoms with E-state index in [1.54, 1.807) is 83.7 Å². The molecule has 3 aromatic heterocycles. The Kier molecular flexibility index (Phi) is 6.68. The molecule has 0 bridgehead atoms. The quantitative estimate of drug-likeness (QED) is 0.209. The number of nitrogens with zero attached hydrogens (tertiary/aromatic N) is 4. The predicted molar refractivity (Wildman–Crippen MR) is 139 cm³/mol. The number of carbonyl (C=O) groups is 1. The zero-order chi connectivity index (χ0) is 25.9. The maximum atomic E-state index is 13.5. The maximum absolute atomic E-state index is 13.5. The van der Waals surface area contributed by atoms with Crippen LogP contribution >= 0.6 is 11.6 Å². The molecule has 1 N–H and O–H groups in total. The number of rotatable bonds is 6. The first-order chi connectivity index (χ1) is 17.9. The van der Waals surface area contributed by atoms with Crippen molar-refractivity contribution in [3.8, 4) is 17.0 Å². The average molecular weight is 513 g/mol. The molecular weight excluding hydrogens is 492 g/mol. The summed E-state index contributed by atoms with van der Waals surface area (Å²) < 4.78 is 2.99. The molecule has 8 nitrogen and oxygen atoms in total. The Morgan fingerprint density at radius 2 is 1.78 bits per heavy atom. The van der Waals surface area contributed by atoms with Crippen LogP contribution in [0.25, 0.3) is 16.8 Å². The number of hydrogen-bond donors (Lipinski definition) is 1. The highest BCUT2D eigenvalue weighted by molar-refractivity contribution is 6.29. The number of benzene rings is 2. The van der Waals surface area contributed by atoms with Crippen LogP contribution in [0.1, 0.15) is 21.5 Å². The summed E-state index contributed by atoms with van der Waals surface area (Å²) in [6.07, 6.45) is 3.19. The molecule has 0 atom stereocenters. The maximum Gasteiger partial charge on any atom is 0.354 e. The van der Waals surface area contributed by atoms with Crippen molar-refractivity contribution >= 4 is 23.2 Å². The van der Waals surface area contributed by atoms with Crippen molar-refractivity contribution in [3.63, 3.8) is 0 Å². The van der Waals surface area contributed by atoms with Gasteiger partial charge in [0.2, 0.25) is 5.91 Å². The van der Waals surface area contributed by atoms with E-state index in [9.17, 15) is 19.9 Å². The van der Waals surface area contributed by atoms with Gasteiger partial charge in [-0.1, -0.05) is 66.2 Å². The standard InChI is InChI=1S/C28H21ClN4O4/c29-23-13-12-20(16-30-23)17-32-24-11-4-5-14-31(24)27(35)25(28(32)36)21-9-6-10-22(15-21)26(34)33(37)18-19-7-2-1-3-8-19/h1-16,36H,17-18H2. The predicted octanol–water partition coefficient (Wildman–Crippen LogP) is 4.20. The molecule has 1 amide bonds. The van der Waals surface area contributed by atoms with Crippen LogP contribution in [-0.4, -0.2) is 25.5 Å². The van der Waals surface area contributed by atoms with Crippen LogP contribution in [0.2, 0.25) is 5.15 Å². The van der Waals surface area contributed by atoms with Gasteiger partial charge < -0.3 is 15.4 Å². The summed E-state index contributed by atoms with van der Waals surface area (Å²) in [5.41, 5.74) is 1.87. The molecule has 0 spiro atoms. The summed E-state index contributed by atoms with van der Waals surface area (Å²) >= 11 is 5.91. The molecule has 0 unspecified atom stereocenters. The zero-order valence-electron chi connectivity index (χ0n) is 19.5. The van der Waals surface area contributed by atoms with E-state index in [1.165, 1.54) is 16.5 Å². The number of halogens is 1. The second kappa shape index (κ2) is 10.2. The number of carbonyl (C=O) groups excluding carboxylic acids is 1. The van der Waals surface area contributed by atoms with Crippen molar-refractivity contribution in [2.75, 3.05) is 0 Å². The van der Waals surface area contributed by atoms with Gasteiger partial charge in [-0.2, -0.15) is 8.97 Å². The van der Waals surface area contributed by atoms with Crippen LogP contribution in [0.4, 0.5) is 0 Å². The first-order valence-electron chi connectivity index (χ1n) is 11.4. The van der Waals surface area contributed by atoms with Gasteiger partial charge in [-0.15, -0.1) is 0 Å². The fourth-order valence-corrected chi connectivity index (χ4v) is 4.26. The van der Waals surface area contributed by atoms with Crippen molar-refractivity contribution in [1.29, 1.82) is 0 Å². The molecule has 0 saturated heterocycles. The van der Waals surface area contributed by atoms with Crippen molar-refractivity contribution in [1.82, 2.24) is 14.4 Å². The number of hydroxylamine groups is 2. The minimum absolute atomic E-state index is 0.000723. The van der Waals surface area contributed by atoms with E-state index in [0.29, 0.717) is 27.0 Å². The van der Waals surface area contributed by atoms with E-state index in [2.05, 4.69) is 4.98 Å². The van der Waals surface area contributed by atoms with Crippen molar-refractivity contribution in [2.45, 2.75) is 13.1 Å². The van der Waals surface area contributed by atoms with Crippen molar-refractivity contribution in [2.24, 2.45) is 0 Å². The number of hydrogen-bond acceptors (Lipinski definition) is 5. The molecule has 0 aliphatic rings. The Morgan fingerprint density at radius 3 is 2.54 bits per heavy atom. The fourth-order valence-electron chi connectivity index (χ4n) is 4.15. The monoisotopic (exact) mass is 512 g/mol. The molecule has 0 radical (unpaired) electrons. The van der Waals surface area contributed by atoms with E-state index in [-0.39, 0.29) is 30.1 Å². The fraction of sp³-hybridized carbons (Fsp3) is 0.0714. The highest BCUT2D eigenvalue weighted by atomic mass is 35.5. The number of fused-ring (bicyclic) bond motifs is 1. The Bertz CT molecular complexity index is 1650. The molecule has 0 saturated carbocycles.